The molecule has 1 aromatic rings. The zero-order chi connectivity index (χ0) is 13.9. The van der Waals surface area contributed by atoms with Crippen molar-refractivity contribution in [2.75, 3.05) is 6.61 Å². The van der Waals surface area contributed by atoms with Gasteiger partial charge in [-0.3, -0.25) is 0 Å². The van der Waals surface area contributed by atoms with Gasteiger partial charge in [0.1, 0.15) is 5.82 Å². The number of aryl methyl sites for hydroxylation is 1. The summed E-state index contributed by atoms with van der Waals surface area (Å²) in [7, 11) is 0. The zero-order valence-corrected chi connectivity index (χ0v) is 12.8. The molecule has 1 fully saturated rings. The van der Waals surface area contributed by atoms with Gasteiger partial charge in [-0.1, -0.05) is 24.9 Å². The Labute approximate surface area is 120 Å². The Morgan fingerprint density at radius 3 is 3.00 bits per heavy atom. The van der Waals surface area contributed by atoms with E-state index in [0.29, 0.717) is 11.7 Å². The van der Waals surface area contributed by atoms with Gasteiger partial charge in [0.15, 0.2) is 5.15 Å². The Balaban J connectivity index is 1.94. The third kappa shape index (κ3) is 3.50. The molecule has 1 aromatic heterocycles. The van der Waals surface area contributed by atoms with Crippen molar-refractivity contribution in [1.29, 1.82) is 0 Å². The molecule has 0 bridgehead atoms. The van der Waals surface area contributed by atoms with Crippen LogP contribution in [0.4, 0.5) is 0 Å². The summed E-state index contributed by atoms with van der Waals surface area (Å²) >= 11 is 6.18. The second-order valence-electron chi connectivity index (χ2n) is 5.59. The van der Waals surface area contributed by atoms with Crippen molar-refractivity contribution in [3.05, 3.63) is 16.7 Å². The number of nitrogens with one attached hydrogen (secondary N) is 2. The normalized spacial score (nSPS) is 27.1. The summed E-state index contributed by atoms with van der Waals surface area (Å²) in [6, 6.07) is 0. The molecule has 0 amide bonds. The maximum absolute atomic E-state index is 6.18. The molecule has 2 atom stereocenters. The number of aromatic amines is 1. The third-order valence-electron chi connectivity index (χ3n) is 4.10. The molecule has 108 valence electrons. The van der Waals surface area contributed by atoms with Crippen molar-refractivity contribution in [2.45, 2.75) is 64.6 Å². The van der Waals surface area contributed by atoms with Gasteiger partial charge in [0.05, 0.1) is 11.8 Å². The molecule has 1 aliphatic rings. The van der Waals surface area contributed by atoms with Crippen LogP contribution in [-0.2, 0) is 17.7 Å². The molecule has 2 rings (SSSR count). The van der Waals surface area contributed by atoms with Gasteiger partial charge < -0.3 is 15.0 Å². The van der Waals surface area contributed by atoms with Crippen LogP contribution >= 0.6 is 11.6 Å². The van der Waals surface area contributed by atoms with Crippen LogP contribution in [0.3, 0.4) is 0 Å². The summed E-state index contributed by atoms with van der Waals surface area (Å²) in [5.74, 6) is 0.990. The molecule has 2 unspecified atom stereocenters. The number of aromatic nitrogens is 2. The number of hydrogen-bond donors (Lipinski definition) is 2. The summed E-state index contributed by atoms with van der Waals surface area (Å²) in [4.78, 5) is 7.70. The Bertz CT molecular complexity index is 421. The zero-order valence-electron chi connectivity index (χ0n) is 12.1. The van der Waals surface area contributed by atoms with E-state index in [1.54, 1.807) is 0 Å². The first-order valence-electron chi connectivity index (χ1n) is 7.15. The average Bonchev–Trinajstić information content (AvgIpc) is 2.89. The fourth-order valence-electron chi connectivity index (χ4n) is 2.38. The first kappa shape index (κ1) is 14.8. The van der Waals surface area contributed by atoms with Gasteiger partial charge in [0, 0.05) is 25.1 Å². The average molecular weight is 286 g/mol. The maximum Gasteiger partial charge on any atom is 0.151 e. The summed E-state index contributed by atoms with van der Waals surface area (Å²) in [6.07, 6.45) is 4.53. The predicted molar refractivity (Wildman–Crippen MR) is 77.5 cm³/mol. The van der Waals surface area contributed by atoms with Crippen LogP contribution in [0.15, 0.2) is 0 Å². The lowest BCUT2D eigenvalue weighted by Crippen LogP contribution is -2.47. The first-order chi connectivity index (χ1) is 9.05. The summed E-state index contributed by atoms with van der Waals surface area (Å²) in [5.41, 5.74) is 1.01. The largest absolute Gasteiger partial charge is 0.377 e. The van der Waals surface area contributed by atoms with Crippen LogP contribution in [0.25, 0.3) is 0 Å². The Morgan fingerprint density at radius 2 is 2.37 bits per heavy atom. The van der Waals surface area contributed by atoms with Gasteiger partial charge in [-0.25, -0.2) is 4.98 Å². The van der Waals surface area contributed by atoms with Crippen molar-refractivity contribution >= 4 is 11.6 Å². The van der Waals surface area contributed by atoms with E-state index in [2.05, 4.69) is 36.1 Å². The van der Waals surface area contributed by atoms with E-state index in [4.69, 9.17) is 16.3 Å². The van der Waals surface area contributed by atoms with E-state index in [-0.39, 0.29) is 11.6 Å². The van der Waals surface area contributed by atoms with Gasteiger partial charge in [-0.15, -0.1) is 0 Å². The van der Waals surface area contributed by atoms with E-state index in [1.165, 1.54) is 6.42 Å². The van der Waals surface area contributed by atoms with E-state index >= 15 is 0 Å². The molecule has 0 spiro atoms. The molecule has 2 heterocycles. The van der Waals surface area contributed by atoms with Crippen molar-refractivity contribution < 1.29 is 4.74 Å². The number of nitrogens with zero attached hydrogens (tertiary/aromatic N) is 1. The van der Waals surface area contributed by atoms with E-state index < -0.39 is 0 Å². The topological polar surface area (TPSA) is 49.9 Å². The SMILES string of the molecule is CCCCc1nc(Cl)c(CNC2(C)CCOC2C)[nH]1. The maximum atomic E-state index is 6.18. The van der Waals surface area contributed by atoms with Gasteiger partial charge in [0.25, 0.3) is 0 Å². The van der Waals surface area contributed by atoms with Crippen LogP contribution in [0, 0.1) is 0 Å². The lowest BCUT2D eigenvalue weighted by Gasteiger charge is -2.28. The molecule has 4 nitrogen and oxygen atoms in total. The van der Waals surface area contributed by atoms with Crippen LogP contribution in [-0.4, -0.2) is 28.2 Å². The highest BCUT2D eigenvalue weighted by Crippen LogP contribution is 2.26. The van der Waals surface area contributed by atoms with Gasteiger partial charge in [-0.05, 0) is 26.7 Å². The van der Waals surface area contributed by atoms with Crippen LogP contribution in [0.2, 0.25) is 5.15 Å². The molecule has 0 saturated carbocycles. The minimum Gasteiger partial charge on any atom is -0.377 e. The molecule has 2 N–H and O–H groups in total. The summed E-state index contributed by atoms with van der Waals surface area (Å²) < 4.78 is 5.62. The van der Waals surface area contributed by atoms with Crippen LogP contribution in [0.5, 0.6) is 0 Å². The molecule has 5 heteroatoms. The van der Waals surface area contributed by atoms with E-state index in [0.717, 1.165) is 37.4 Å². The molecule has 0 aliphatic carbocycles. The predicted octanol–water partition coefficient (Wildman–Crippen LogP) is 3.06. The molecule has 0 aromatic carbocycles. The summed E-state index contributed by atoms with van der Waals surface area (Å²) in [5, 5.41) is 4.15. The molecule has 1 aliphatic heterocycles. The first-order valence-corrected chi connectivity index (χ1v) is 7.53. The number of H-pyrrole nitrogens is 1. The molecule has 19 heavy (non-hydrogen) atoms. The van der Waals surface area contributed by atoms with Crippen molar-refractivity contribution in [3.8, 4) is 0 Å². The minimum absolute atomic E-state index is 0.0258. The number of hydrogen-bond acceptors (Lipinski definition) is 3. The highest BCUT2D eigenvalue weighted by Gasteiger charge is 2.36. The number of unbranched alkanes of at least 4 members (excludes halogenated alkanes) is 1. The standard InChI is InChI=1S/C14H24ClN3O/c1-4-5-6-12-17-11(13(15)18-12)9-16-14(3)7-8-19-10(14)2/h10,16H,4-9H2,1-3H3,(H,17,18). The second-order valence-corrected chi connectivity index (χ2v) is 5.95. The quantitative estimate of drug-likeness (QED) is 0.844. The number of ether oxygens (including phenoxy) is 1. The Kier molecular flexibility index (Phi) is 4.87. The highest BCUT2D eigenvalue weighted by atomic mass is 35.5. The fraction of sp³-hybridized carbons (Fsp3) is 0.786. The Hall–Kier alpha value is -0.580. The smallest absolute Gasteiger partial charge is 0.151 e. The Morgan fingerprint density at radius 1 is 1.58 bits per heavy atom. The molecular formula is C14H24ClN3O. The van der Waals surface area contributed by atoms with Crippen LogP contribution in [0.1, 0.15) is 51.6 Å². The number of rotatable bonds is 6. The fourth-order valence-corrected chi connectivity index (χ4v) is 2.59. The second kappa shape index (κ2) is 6.25. The van der Waals surface area contributed by atoms with Crippen molar-refractivity contribution in [1.82, 2.24) is 15.3 Å². The highest BCUT2D eigenvalue weighted by molar-refractivity contribution is 6.30. The lowest BCUT2D eigenvalue weighted by molar-refractivity contribution is 0.0880. The van der Waals surface area contributed by atoms with Gasteiger partial charge in [-0.2, -0.15) is 0 Å². The van der Waals surface area contributed by atoms with Crippen LogP contribution < -0.4 is 5.32 Å². The van der Waals surface area contributed by atoms with Crippen molar-refractivity contribution in [3.63, 3.8) is 0 Å². The molecular weight excluding hydrogens is 262 g/mol. The van der Waals surface area contributed by atoms with Gasteiger partial charge >= 0.3 is 0 Å². The number of imidazole rings is 1. The lowest BCUT2D eigenvalue weighted by atomic mass is 9.95. The molecule has 0 radical (unpaired) electrons. The minimum atomic E-state index is 0.0258. The van der Waals surface area contributed by atoms with Crippen molar-refractivity contribution in [2.24, 2.45) is 0 Å². The summed E-state index contributed by atoms with van der Waals surface area (Å²) in [6.45, 7) is 8.02. The van der Waals surface area contributed by atoms with E-state index in [1.807, 2.05) is 0 Å². The van der Waals surface area contributed by atoms with Gasteiger partial charge in [0.2, 0.25) is 0 Å². The number of halogens is 1. The third-order valence-corrected chi connectivity index (χ3v) is 4.41. The molecule has 1 saturated heterocycles. The van der Waals surface area contributed by atoms with E-state index in [9.17, 15) is 0 Å². The monoisotopic (exact) mass is 285 g/mol.